The van der Waals surface area contributed by atoms with Gasteiger partial charge in [0.1, 0.15) is 11.4 Å². The number of aryl methyl sites for hydroxylation is 2. The Morgan fingerprint density at radius 3 is 2.93 bits per heavy atom. The molecule has 0 aliphatic carbocycles. The van der Waals surface area contributed by atoms with Gasteiger partial charge in [-0.05, 0) is 19.4 Å². The Balaban J connectivity index is 1.92. The quantitative estimate of drug-likeness (QED) is 0.538. The Kier molecular flexibility index (Phi) is 3.94. The van der Waals surface area contributed by atoms with Gasteiger partial charge >= 0.3 is 5.97 Å². The summed E-state index contributed by atoms with van der Waals surface area (Å²) in [7, 11) is 1.30. The lowest BCUT2D eigenvalue weighted by Gasteiger charge is -2.04. The highest BCUT2D eigenvalue weighted by atomic mass is 16.5. The summed E-state index contributed by atoms with van der Waals surface area (Å²) in [6, 6.07) is 1.72. The highest BCUT2D eigenvalue weighted by molar-refractivity contribution is 5.98. The van der Waals surface area contributed by atoms with Crippen LogP contribution >= 0.6 is 0 Å². The Morgan fingerprint density at radius 2 is 2.19 bits per heavy atom. The van der Waals surface area contributed by atoms with Gasteiger partial charge in [0.25, 0.3) is 11.5 Å². The van der Waals surface area contributed by atoms with Crippen molar-refractivity contribution in [3.63, 3.8) is 0 Å². The van der Waals surface area contributed by atoms with E-state index in [1.54, 1.807) is 19.2 Å². The van der Waals surface area contributed by atoms with Crippen molar-refractivity contribution in [3.05, 3.63) is 45.9 Å². The number of pyridine rings is 1. The summed E-state index contributed by atoms with van der Waals surface area (Å²) in [5.41, 5.74) is 1.30. The zero-order valence-corrected chi connectivity index (χ0v) is 15.1. The monoisotopic (exact) mass is 367 g/mol. The lowest BCUT2D eigenvalue weighted by Crippen LogP contribution is -2.20. The molecule has 10 nitrogen and oxygen atoms in total. The minimum atomic E-state index is -0.521. The fourth-order valence-corrected chi connectivity index (χ4v) is 3.02. The van der Waals surface area contributed by atoms with Gasteiger partial charge in [-0.25, -0.2) is 18.9 Å². The van der Waals surface area contributed by atoms with E-state index in [1.807, 2.05) is 6.92 Å². The van der Waals surface area contributed by atoms with Crippen molar-refractivity contribution in [3.8, 4) is 5.95 Å². The van der Waals surface area contributed by atoms with Crippen LogP contribution in [0.25, 0.3) is 22.5 Å². The third-order valence-electron chi connectivity index (χ3n) is 4.30. The Hall–Kier alpha value is -3.56. The van der Waals surface area contributed by atoms with Crippen LogP contribution in [0.15, 0.2) is 23.3 Å². The highest BCUT2D eigenvalue weighted by Crippen LogP contribution is 2.19. The number of ether oxygens (including phenoxy) is 1. The average Bonchev–Trinajstić information content (AvgIpc) is 3.25. The van der Waals surface area contributed by atoms with Gasteiger partial charge in [0.05, 0.1) is 23.7 Å². The number of H-pyrrole nitrogens is 1. The molecule has 0 radical (unpaired) electrons. The van der Waals surface area contributed by atoms with E-state index < -0.39 is 5.97 Å². The molecule has 1 N–H and O–H groups in total. The fraction of sp³-hybridized carbons (Fsp3) is 0.294. The van der Waals surface area contributed by atoms with Crippen molar-refractivity contribution in [2.45, 2.75) is 26.7 Å². The molecule has 0 unspecified atom stereocenters. The van der Waals surface area contributed by atoms with Crippen LogP contribution in [0.2, 0.25) is 0 Å². The Morgan fingerprint density at radius 1 is 1.37 bits per heavy atom. The number of esters is 1. The van der Waals surface area contributed by atoms with Gasteiger partial charge in [0.15, 0.2) is 5.65 Å². The number of carbonyl (C=O) groups is 1. The molecule has 0 aliphatic rings. The van der Waals surface area contributed by atoms with E-state index in [2.05, 4.69) is 25.3 Å². The van der Waals surface area contributed by atoms with Crippen LogP contribution in [-0.4, -0.2) is 47.4 Å². The lowest BCUT2D eigenvalue weighted by molar-refractivity contribution is 0.0602. The number of methoxy groups -OCH3 is 1. The number of aromatic amines is 1. The first kappa shape index (κ1) is 16.9. The number of nitrogens with one attached hydrogen (secondary N) is 1. The van der Waals surface area contributed by atoms with Crippen LogP contribution < -0.4 is 5.56 Å². The Labute approximate surface area is 152 Å². The summed E-state index contributed by atoms with van der Waals surface area (Å²) < 4.78 is 7.63. The minimum absolute atomic E-state index is 0.275. The normalized spacial score (nSPS) is 11.4. The molecular formula is C17H17N7O3. The van der Waals surface area contributed by atoms with Gasteiger partial charge in [-0.2, -0.15) is 10.1 Å². The second-order valence-electron chi connectivity index (χ2n) is 6.07. The van der Waals surface area contributed by atoms with E-state index in [-0.39, 0.29) is 17.1 Å². The number of hydrogen-bond acceptors (Lipinski definition) is 7. The molecule has 138 valence electrons. The molecule has 0 saturated carbocycles. The predicted octanol–water partition coefficient (Wildman–Crippen LogP) is 1.20. The molecule has 4 heterocycles. The van der Waals surface area contributed by atoms with Gasteiger partial charge < -0.3 is 4.74 Å². The number of carbonyl (C=O) groups excluding carboxylic acids is 1. The first-order valence-electron chi connectivity index (χ1n) is 8.44. The minimum Gasteiger partial charge on any atom is -0.465 e. The van der Waals surface area contributed by atoms with E-state index in [0.717, 1.165) is 18.7 Å². The van der Waals surface area contributed by atoms with Crippen LogP contribution in [0.3, 0.4) is 0 Å². The largest absolute Gasteiger partial charge is 0.465 e. The number of nitrogens with zero attached hydrogens (tertiary/aromatic N) is 6. The molecule has 0 saturated heterocycles. The molecule has 10 heteroatoms. The van der Waals surface area contributed by atoms with E-state index in [1.165, 1.54) is 22.4 Å². The summed E-state index contributed by atoms with van der Waals surface area (Å²) in [5.74, 6) is 0.475. The second-order valence-corrected chi connectivity index (χ2v) is 6.07. The van der Waals surface area contributed by atoms with Crippen LogP contribution in [-0.2, 0) is 11.2 Å². The first-order valence-corrected chi connectivity index (χ1v) is 8.44. The van der Waals surface area contributed by atoms with E-state index in [9.17, 15) is 9.59 Å². The second kappa shape index (κ2) is 6.31. The molecule has 0 fully saturated rings. The van der Waals surface area contributed by atoms with Crippen LogP contribution in [0, 0.1) is 6.92 Å². The first-order chi connectivity index (χ1) is 13.0. The highest BCUT2D eigenvalue weighted by Gasteiger charge is 2.21. The van der Waals surface area contributed by atoms with E-state index >= 15 is 0 Å². The molecule has 0 bridgehead atoms. The van der Waals surface area contributed by atoms with Gasteiger partial charge in [-0.3, -0.25) is 9.89 Å². The van der Waals surface area contributed by atoms with Crippen molar-refractivity contribution < 1.29 is 9.53 Å². The van der Waals surface area contributed by atoms with Gasteiger partial charge in [0, 0.05) is 18.8 Å². The average molecular weight is 367 g/mol. The van der Waals surface area contributed by atoms with Crippen LogP contribution in [0.1, 0.15) is 35.2 Å². The maximum absolute atomic E-state index is 12.9. The number of fused-ring (bicyclic) bond motifs is 3. The maximum Gasteiger partial charge on any atom is 0.343 e. The molecule has 4 rings (SSSR count). The molecule has 0 aliphatic heterocycles. The van der Waals surface area contributed by atoms with E-state index in [0.29, 0.717) is 22.2 Å². The standard InChI is InChI=1S/C17H17N7O3/c1-4-5-12-19-17(21-20-12)23-7-6-11-10(15(23)25)8-18-14-13(16(26)27-3)9(2)22-24(11)14/h6-8H,4-5H2,1-3H3,(H,19,20,21). The molecule has 27 heavy (non-hydrogen) atoms. The SMILES string of the molecule is CCCc1nc(-n2ccc3c(cnc4c(C(=O)OC)c(C)nn43)c2=O)n[nH]1. The lowest BCUT2D eigenvalue weighted by atomic mass is 10.2. The zero-order chi connectivity index (χ0) is 19.1. The third-order valence-corrected chi connectivity index (χ3v) is 4.30. The smallest absolute Gasteiger partial charge is 0.343 e. The summed E-state index contributed by atoms with van der Waals surface area (Å²) in [6.45, 7) is 3.73. The molecule has 0 spiro atoms. The third kappa shape index (κ3) is 2.57. The van der Waals surface area contributed by atoms with Crippen molar-refractivity contribution in [1.82, 2.24) is 34.3 Å². The summed E-state index contributed by atoms with van der Waals surface area (Å²) >= 11 is 0. The van der Waals surface area contributed by atoms with Crippen molar-refractivity contribution in [2.75, 3.05) is 7.11 Å². The van der Waals surface area contributed by atoms with Crippen molar-refractivity contribution in [2.24, 2.45) is 0 Å². The molecule has 0 amide bonds. The molecule has 4 aromatic heterocycles. The fourth-order valence-electron chi connectivity index (χ4n) is 3.02. The van der Waals surface area contributed by atoms with Gasteiger partial charge in [-0.15, -0.1) is 5.10 Å². The van der Waals surface area contributed by atoms with Gasteiger partial charge in [0.2, 0.25) is 0 Å². The van der Waals surface area contributed by atoms with Gasteiger partial charge in [-0.1, -0.05) is 6.92 Å². The molecule has 0 aromatic carbocycles. The summed E-state index contributed by atoms with van der Waals surface area (Å²) in [4.78, 5) is 33.5. The number of aromatic nitrogens is 7. The number of hydrogen-bond donors (Lipinski definition) is 1. The van der Waals surface area contributed by atoms with Crippen molar-refractivity contribution in [1.29, 1.82) is 0 Å². The van der Waals surface area contributed by atoms with Crippen LogP contribution in [0.4, 0.5) is 0 Å². The topological polar surface area (TPSA) is 120 Å². The zero-order valence-electron chi connectivity index (χ0n) is 15.1. The number of rotatable bonds is 4. The summed E-state index contributed by atoms with van der Waals surface area (Å²) in [6.07, 6.45) is 4.68. The van der Waals surface area contributed by atoms with Crippen molar-refractivity contribution >= 4 is 22.5 Å². The van der Waals surface area contributed by atoms with Crippen LogP contribution in [0.5, 0.6) is 0 Å². The summed E-state index contributed by atoms with van der Waals surface area (Å²) in [5, 5.41) is 11.6. The molecule has 4 aromatic rings. The molecule has 0 atom stereocenters. The molecular weight excluding hydrogens is 350 g/mol. The van der Waals surface area contributed by atoms with E-state index in [4.69, 9.17) is 4.74 Å². The Bertz CT molecular complexity index is 1230. The predicted molar refractivity (Wildman–Crippen MR) is 96.1 cm³/mol. The maximum atomic E-state index is 12.9.